The van der Waals surface area contributed by atoms with Crippen LogP contribution in [0, 0.1) is 3.57 Å². The largest absolute Gasteiger partial charge is 0.380 e. The Kier molecular flexibility index (Phi) is 3.23. The first kappa shape index (κ1) is 11.6. The van der Waals surface area contributed by atoms with Crippen LogP contribution in [0.4, 0.5) is 5.69 Å². The van der Waals surface area contributed by atoms with Gasteiger partial charge < -0.3 is 10.3 Å². The van der Waals surface area contributed by atoms with Crippen molar-refractivity contribution in [2.75, 3.05) is 5.32 Å². The SMILES string of the molecule is Ic1ccccc1NCc1c[nH]c2ccccc12. The van der Waals surface area contributed by atoms with Gasteiger partial charge in [0.05, 0.1) is 0 Å². The maximum absolute atomic E-state index is 3.48. The van der Waals surface area contributed by atoms with Crippen molar-refractivity contribution in [3.05, 3.63) is 63.9 Å². The van der Waals surface area contributed by atoms with E-state index >= 15 is 0 Å². The molecule has 18 heavy (non-hydrogen) atoms. The summed E-state index contributed by atoms with van der Waals surface area (Å²) < 4.78 is 1.25. The molecule has 3 aromatic rings. The number of halogens is 1. The lowest BCUT2D eigenvalue weighted by atomic mass is 10.2. The second-order valence-electron chi connectivity index (χ2n) is 4.19. The first-order valence-corrected chi connectivity index (χ1v) is 6.96. The zero-order valence-electron chi connectivity index (χ0n) is 9.78. The third-order valence-corrected chi connectivity index (χ3v) is 3.96. The summed E-state index contributed by atoms with van der Waals surface area (Å²) in [5.41, 5.74) is 3.67. The van der Waals surface area contributed by atoms with Crippen molar-refractivity contribution in [1.82, 2.24) is 4.98 Å². The van der Waals surface area contributed by atoms with Crippen molar-refractivity contribution in [2.24, 2.45) is 0 Å². The van der Waals surface area contributed by atoms with Gasteiger partial charge in [-0.2, -0.15) is 0 Å². The molecule has 2 N–H and O–H groups in total. The van der Waals surface area contributed by atoms with Gasteiger partial charge in [0.25, 0.3) is 0 Å². The van der Waals surface area contributed by atoms with E-state index < -0.39 is 0 Å². The van der Waals surface area contributed by atoms with Gasteiger partial charge in [-0.15, -0.1) is 0 Å². The van der Waals surface area contributed by atoms with E-state index in [1.54, 1.807) is 0 Å². The molecule has 0 unspecified atom stereocenters. The minimum absolute atomic E-state index is 0.837. The van der Waals surface area contributed by atoms with E-state index in [4.69, 9.17) is 0 Å². The van der Waals surface area contributed by atoms with Crippen molar-refractivity contribution < 1.29 is 0 Å². The van der Waals surface area contributed by atoms with Gasteiger partial charge in [0.15, 0.2) is 0 Å². The van der Waals surface area contributed by atoms with Crippen LogP contribution >= 0.6 is 22.6 Å². The van der Waals surface area contributed by atoms with E-state index in [1.165, 1.54) is 25.7 Å². The molecule has 3 heteroatoms. The van der Waals surface area contributed by atoms with Crippen LogP contribution in [0.15, 0.2) is 54.7 Å². The third kappa shape index (κ3) is 2.22. The summed E-state index contributed by atoms with van der Waals surface area (Å²) in [6, 6.07) is 16.7. The molecule has 1 heterocycles. The number of aromatic nitrogens is 1. The van der Waals surface area contributed by atoms with Crippen LogP contribution in [0.25, 0.3) is 10.9 Å². The highest BCUT2D eigenvalue weighted by molar-refractivity contribution is 14.1. The molecule has 0 bridgehead atoms. The van der Waals surface area contributed by atoms with Crippen LogP contribution in [0.5, 0.6) is 0 Å². The highest BCUT2D eigenvalue weighted by Gasteiger charge is 2.03. The molecule has 1 aromatic heterocycles. The van der Waals surface area contributed by atoms with Crippen molar-refractivity contribution in [3.63, 3.8) is 0 Å². The average molecular weight is 348 g/mol. The van der Waals surface area contributed by atoms with E-state index in [-0.39, 0.29) is 0 Å². The van der Waals surface area contributed by atoms with Crippen LogP contribution in [0.1, 0.15) is 5.56 Å². The molecule has 90 valence electrons. The number of nitrogens with one attached hydrogen (secondary N) is 2. The van der Waals surface area contributed by atoms with Gasteiger partial charge in [-0.05, 0) is 46.4 Å². The van der Waals surface area contributed by atoms with Gasteiger partial charge in [0, 0.05) is 32.9 Å². The second-order valence-corrected chi connectivity index (χ2v) is 5.36. The molecule has 2 nitrogen and oxygen atoms in total. The molecule has 0 saturated carbocycles. The van der Waals surface area contributed by atoms with E-state index in [2.05, 4.69) is 87.6 Å². The maximum Gasteiger partial charge on any atom is 0.0478 e. The summed E-state index contributed by atoms with van der Waals surface area (Å²) in [5.74, 6) is 0. The smallest absolute Gasteiger partial charge is 0.0478 e. The van der Waals surface area contributed by atoms with Crippen molar-refractivity contribution in [1.29, 1.82) is 0 Å². The molecule has 0 saturated heterocycles. The minimum atomic E-state index is 0.837. The summed E-state index contributed by atoms with van der Waals surface area (Å²) >= 11 is 2.35. The first-order chi connectivity index (χ1) is 8.84. The van der Waals surface area contributed by atoms with E-state index in [0.717, 1.165) is 6.54 Å². The highest BCUT2D eigenvalue weighted by atomic mass is 127. The minimum Gasteiger partial charge on any atom is -0.380 e. The van der Waals surface area contributed by atoms with Gasteiger partial charge in [-0.3, -0.25) is 0 Å². The summed E-state index contributed by atoms with van der Waals surface area (Å²) in [7, 11) is 0. The average Bonchev–Trinajstić information content (AvgIpc) is 2.81. The van der Waals surface area contributed by atoms with E-state index in [9.17, 15) is 0 Å². The lowest BCUT2D eigenvalue weighted by Crippen LogP contribution is -2.00. The number of anilines is 1. The zero-order valence-corrected chi connectivity index (χ0v) is 11.9. The Hall–Kier alpha value is -1.49. The summed E-state index contributed by atoms with van der Waals surface area (Å²) in [6.45, 7) is 0.837. The van der Waals surface area contributed by atoms with Crippen LogP contribution < -0.4 is 5.32 Å². The Balaban J connectivity index is 1.83. The number of para-hydroxylation sites is 2. The van der Waals surface area contributed by atoms with Crippen LogP contribution in [-0.4, -0.2) is 4.98 Å². The van der Waals surface area contributed by atoms with Crippen molar-refractivity contribution in [2.45, 2.75) is 6.54 Å². The molecular weight excluding hydrogens is 335 g/mol. The number of fused-ring (bicyclic) bond motifs is 1. The Morgan fingerprint density at radius 1 is 1.00 bits per heavy atom. The van der Waals surface area contributed by atoms with Crippen LogP contribution in [0.2, 0.25) is 0 Å². The predicted octanol–water partition coefficient (Wildman–Crippen LogP) is 4.38. The van der Waals surface area contributed by atoms with Crippen LogP contribution in [0.3, 0.4) is 0 Å². The molecule has 0 spiro atoms. The van der Waals surface area contributed by atoms with Gasteiger partial charge in [0.2, 0.25) is 0 Å². The normalized spacial score (nSPS) is 10.7. The Morgan fingerprint density at radius 2 is 1.78 bits per heavy atom. The summed E-state index contributed by atoms with van der Waals surface area (Å²) in [5, 5.41) is 4.77. The van der Waals surface area contributed by atoms with E-state index in [1.807, 2.05) is 0 Å². The Labute approximate surface area is 120 Å². The quantitative estimate of drug-likeness (QED) is 0.676. The Morgan fingerprint density at radius 3 is 2.67 bits per heavy atom. The molecule has 0 amide bonds. The topological polar surface area (TPSA) is 27.8 Å². The summed E-state index contributed by atoms with van der Waals surface area (Å²) in [6.07, 6.45) is 2.08. The number of rotatable bonds is 3. The fourth-order valence-corrected chi connectivity index (χ4v) is 2.65. The molecule has 0 fully saturated rings. The molecule has 0 atom stereocenters. The summed E-state index contributed by atoms with van der Waals surface area (Å²) in [4.78, 5) is 3.30. The number of hydrogen-bond acceptors (Lipinski definition) is 1. The lowest BCUT2D eigenvalue weighted by Gasteiger charge is -2.07. The zero-order chi connectivity index (χ0) is 12.4. The standard InChI is InChI=1S/C15H13IN2/c16-13-6-2-4-8-15(13)18-10-11-9-17-14-7-3-1-5-12(11)14/h1-9,17-18H,10H2. The fraction of sp³-hybridized carbons (Fsp3) is 0.0667. The monoisotopic (exact) mass is 348 g/mol. The molecule has 3 rings (SSSR count). The van der Waals surface area contributed by atoms with Gasteiger partial charge in [0.1, 0.15) is 0 Å². The number of aromatic amines is 1. The number of H-pyrrole nitrogens is 1. The fourth-order valence-electron chi connectivity index (χ4n) is 2.07. The molecule has 2 aromatic carbocycles. The van der Waals surface area contributed by atoms with Gasteiger partial charge in [-0.1, -0.05) is 30.3 Å². The highest BCUT2D eigenvalue weighted by Crippen LogP contribution is 2.21. The number of hydrogen-bond donors (Lipinski definition) is 2. The van der Waals surface area contributed by atoms with Crippen LogP contribution in [-0.2, 0) is 6.54 Å². The molecular formula is C15H13IN2. The third-order valence-electron chi connectivity index (χ3n) is 3.02. The Bertz CT molecular complexity index is 673. The lowest BCUT2D eigenvalue weighted by molar-refractivity contribution is 1.16. The van der Waals surface area contributed by atoms with E-state index in [0.29, 0.717) is 0 Å². The number of benzene rings is 2. The van der Waals surface area contributed by atoms with Crippen molar-refractivity contribution in [3.8, 4) is 0 Å². The predicted molar refractivity (Wildman–Crippen MR) is 84.8 cm³/mol. The van der Waals surface area contributed by atoms with Gasteiger partial charge in [-0.25, -0.2) is 0 Å². The molecule has 0 aliphatic rings. The molecule has 0 radical (unpaired) electrons. The first-order valence-electron chi connectivity index (χ1n) is 5.88. The maximum atomic E-state index is 3.48. The second kappa shape index (κ2) is 5.02. The van der Waals surface area contributed by atoms with Crippen molar-refractivity contribution >= 4 is 39.2 Å². The van der Waals surface area contributed by atoms with Gasteiger partial charge >= 0.3 is 0 Å². The molecule has 0 aliphatic heterocycles. The molecule has 0 aliphatic carbocycles.